The van der Waals surface area contributed by atoms with Gasteiger partial charge in [0.2, 0.25) is 5.91 Å². The van der Waals surface area contributed by atoms with E-state index in [0.717, 1.165) is 70.8 Å². The van der Waals surface area contributed by atoms with Gasteiger partial charge in [0.1, 0.15) is 0 Å². The summed E-state index contributed by atoms with van der Waals surface area (Å²) in [6.45, 7) is 4.79. The number of likely N-dealkylation sites (tertiary alicyclic amines) is 1. The number of unbranched alkanes of at least 4 members (excludes halogenated alkanes) is 1. The molecule has 1 amide bonds. The number of rotatable bonds is 11. The maximum Gasteiger partial charge on any atom is 0.220 e. The van der Waals surface area contributed by atoms with Crippen LogP contribution in [0, 0.1) is 5.92 Å². The first-order chi connectivity index (χ1) is 16.2. The number of halogens is 1. The van der Waals surface area contributed by atoms with Gasteiger partial charge in [-0.2, -0.15) is 0 Å². The van der Waals surface area contributed by atoms with E-state index < -0.39 is 0 Å². The fourth-order valence-electron chi connectivity index (χ4n) is 4.56. The molecule has 2 aromatic carbocycles. The van der Waals surface area contributed by atoms with Crippen LogP contribution in [-0.4, -0.2) is 56.5 Å². The summed E-state index contributed by atoms with van der Waals surface area (Å²) in [5.74, 6) is 1.14. The van der Waals surface area contributed by atoms with Gasteiger partial charge in [-0.1, -0.05) is 60.7 Å². The Bertz CT molecular complexity index is 814. The van der Waals surface area contributed by atoms with E-state index >= 15 is 0 Å². The first kappa shape index (κ1) is 28.1. The first-order valence-electron chi connectivity index (χ1n) is 12.2. The molecule has 0 saturated carbocycles. The molecule has 0 atom stereocenters. The molecule has 2 aromatic rings. The number of nitrogens with zero attached hydrogens (tertiary/aromatic N) is 2. The number of nitrogens with one attached hydrogen (secondary N) is 2. The molecular formula is C27H40IN5O. The standard InChI is InChI=1S/C27H39N5O.HI/c1-29-27(30-17-8-9-19-32-20-15-24(16-21-32)26(28)33)31-18-14-25(22-10-4-2-5-11-22)23-12-6-3-7-13-23;/h2-7,10-13,24-25H,8-9,14-21H2,1H3,(H2,28,33)(H2,29,30,31);1H. The Labute approximate surface area is 221 Å². The van der Waals surface area contributed by atoms with Crippen molar-refractivity contribution in [3.05, 3.63) is 71.8 Å². The van der Waals surface area contributed by atoms with Crippen molar-refractivity contribution in [3.8, 4) is 0 Å². The number of primary amides is 1. The van der Waals surface area contributed by atoms with Crippen LogP contribution in [0.5, 0.6) is 0 Å². The molecule has 1 fully saturated rings. The summed E-state index contributed by atoms with van der Waals surface area (Å²) in [5, 5.41) is 6.92. The number of nitrogens with two attached hydrogens (primary N) is 1. The van der Waals surface area contributed by atoms with Crippen LogP contribution in [0.2, 0.25) is 0 Å². The summed E-state index contributed by atoms with van der Waals surface area (Å²) in [6.07, 6.45) is 5.02. The van der Waals surface area contributed by atoms with Crippen LogP contribution in [0.4, 0.5) is 0 Å². The fourth-order valence-corrected chi connectivity index (χ4v) is 4.56. The van der Waals surface area contributed by atoms with E-state index in [4.69, 9.17) is 5.73 Å². The molecular weight excluding hydrogens is 537 g/mol. The molecule has 0 spiro atoms. The number of carbonyl (C=O) groups excluding carboxylic acids is 1. The minimum atomic E-state index is -0.142. The molecule has 0 radical (unpaired) electrons. The summed E-state index contributed by atoms with van der Waals surface area (Å²) >= 11 is 0. The second-order valence-corrected chi connectivity index (χ2v) is 8.81. The highest BCUT2D eigenvalue weighted by Crippen LogP contribution is 2.27. The largest absolute Gasteiger partial charge is 0.369 e. The monoisotopic (exact) mass is 577 g/mol. The van der Waals surface area contributed by atoms with Gasteiger partial charge in [-0.3, -0.25) is 9.79 Å². The van der Waals surface area contributed by atoms with E-state index in [9.17, 15) is 4.79 Å². The van der Waals surface area contributed by atoms with Crippen LogP contribution in [0.1, 0.15) is 49.1 Å². The number of hydrogen-bond donors (Lipinski definition) is 3. The molecule has 1 aliphatic heterocycles. The molecule has 4 N–H and O–H groups in total. The maximum atomic E-state index is 11.3. The van der Waals surface area contributed by atoms with Crippen molar-refractivity contribution in [2.75, 3.05) is 39.8 Å². The van der Waals surface area contributed by atoms with Gasteiger partial charge < -0.3 is 21.3 Å². The number of piperidine rings is 1. The molecule has 7 heteroatoms. The van der Waals surface area contributed by atoms with Gasteiger partial charge in [0.25, 0.3) is 0 Å². The van der Waals surface area contributed by atoms with Crippen molar-refractivity contribution in [1.29, 1.82) is 0 Å². The molecule has 0 aliphatic carbocycles. The quantitative estimate of drug-likeness (QED) is 0.164. The van der Waals surface area contributed by atoms with E-state index in [1.165, 1.54) is 11.1 Å². The zero-order chi connectivity index (χ0) is 23.3. The van der Waals surface area contributed by atoms with Crippen molar-refractivity contribution in [1.82, 2.24) is 15.5 Å². The van der Waals surface area contributed by atoms with Crippen molar-refractivity contribution in [2.45, 2.75) is 38.0 Å². The lowest BCUT2D eigenvalue weighted by Crippen LogP contribution is -2.40. The van der Waals surface area contributed by atoms with Gasteiger partial charge in [-0.15, -0.1) is 24.0 Å². The smallest absolute Gasteiger partial charge is 0.220 e. The third kappa shape index (κ3) is 9.25. The SMILES string of the molecule is CN=C(NCCCCN1CCC(C(N)=O)CC1)NCCC(c1ccccc1)c1ccccc1.I. The van der Waals surface area contributed by atoms with Gasteiger partial charge in [-0.05, 0) is 62.9 Å². The Kier molecular flexibility index (Phi) is 13.0. The Hall–Kier alpha value is -2.13. The van der Waals surface area contributed by atoms with Gasteiger partial charge >= 0.3 is 0 Å². The number of benzene rings is 2. The highest BCUT2D eigenvalue weighted by Gasteiger charge is 2.22. The Morgan fingerprint density at radius 3 is 2.06 bits per heavy atom. The minimum absolute atomic E-state index is 0. The zero-order valence-corrected chi connectivity index (χ0v) is 22.6. The Balaban J connectivity index is 0.00000408. The van der Waals surface area contributed by atoms with Crippen molar-refractivity contribution in [2.24, 2.45) is 16.6 Å². The normalized spacial score (nSPS) is 15.1. The summed E-state index contributed by atoms with van der Waals surface area (Å²) in [5.41, 5.74) is 8.10. The summed E-state index contributed by atoms with van der Waals surface area (Å²) < 4.78 is 0. The molecule has 0 unspecified atom stereocenters. The predicted octanol–water partition coefficient (Wildman–Crippen LogP) is 3.97. The predicted molar refractivity (Wildman–Crippen MR) is 152 cm³/mol. The third-order valence-corrected chi connectivity index (χ3v) is 6.54. The lowest BCUT2D eigenvalue weighted by atomic mass is 9.88. The van der Waals surface area contributed by atoms with Crippen LogP contribution >= 0.6 is 24.0 Å². The minimum Gasteiger partial charge on any atom is -0.369 e. The molecule has 3 rings (SSSR count). The van der Waals surface area contributed by atoms with Crippen LogP contribution in [0.25, 0.3) is 0 Å². The van der Waals surface area contributed by atoms with Crippen LogP contribution in [0.3, 0.4) is 0 Å². The molecule has 1 heterocycles. The maximum absolute atomic E-state index is 11.3. The van der Waals surface area contributed by atoms with E-state index in [-0.39, 0.29) is 35.8 Å². The number of guanidine groups is 1. The average Bonchev–Trinajstić information content (AvgIpc) is 2.86. The Morgan fingerprint density at radius 2 is 1.53 bits per heavy atom. The van der Waals surface area contributed by atoms with Gasteiger partial charge in [-0.25, -0.2) is 0 Å². The average molecular weight is 578 g/mol. The van der Waals surface area contributed by atoms with Gasteiger partial charge in [0, 0.05) is 32.0 Å². The van der Waals surface area contributed by atoms with Crippen LogP contribution < -0.4 is 16.4 Å². The number of amides is 1. The van der Waals surface area contributed by atoms with Crippen LogP contribution in [-0.2, 0) is 4.79 Å². The number of carbonyl (C=O) groups is 1. The summed E-state index contributed by atoms with van der Waals surface area (Å²) in [7, 11) is 1.82. The third-order valence-electron chi connectivity index (χ3n) is 6.54. The molecule has 0 bridgehead atoms. The number of aliphatic imine (C=N–C) groups is 1. The van der Waals surface area contributed by atoms with Crippen LogP contribution in [0.15, 0.2) is 65.7 Å². The molecule has 6 nitrogen and oxygen atoms in total. The second-order valence-electron chi connectivity index (χ2n) is 8.81. The highest BCUT2D eigenvalue weighted by atomic mass is 127. The number of hydrogen-bond acceptors (Lipinski definition) is 3. The lowest BCUT2D eigenvalue weighted by molar-refractivity contribution is -0.123. The first-order valence-corrected chi connectivity index (χ1v) is 12.2. The summed E-state index contributed by atoms with van der Waals surface area (Å²) in [6, 6.07) is 21.4. The van der Waals surface area contributed by atoms with Crippen molar-refractivity contribution < 1.29 is 4.79 Å². The fraction of sp³-hybridized carbons (Fsp3) is 0.481. The molecule has 34 heavy (non-hydrogen) atoms. The Morgan fingerprint density at radius 1 is 0.971 bits per heavy atom. The van der Waals surface area contributed by atoms with Crippen molar-refractivity contribution in [3.63, 3.8) is 0 Å². The van der Waals surface area contributed by atoms with Gasteiger partial charge in [0.05, 0.1) is 0 Å². The highest BCUT2D eigenvalue weighted by molar-refractivity contribution is 14.0. The molecule has 186 valence electrons. The van der Waals surface area contributed by atoms with E-state index in [0.29, 0.717) is 5.92 Å². The van der Waals surface area contributed by atoms with E-state index in [1.807, 2.05) is 7.05 Å². The topological polar surface area (TPSA) is 82.8 Å². The molecule has 0 aromatic heterocycles. The zero-order valence-electron chi connectivity index (χ0n) is 20.3. The molecule has 1 aliphatic rings. The second kappa shape index (κ2) is 15.7. The van der Waals surface area contributed by atoms with E-state index in [2.05, 4.69) is 81.2 Å². The van der Waals surface area contributed by atoms with Gasteiger partial charge in [0.15, 0.2) is 5.96 Å². The lowest BCUT2D eigenvalue weighted by Gasteiger charge is -2.30. The van der Waals surface area contributed by atoms with E-state index in [1.54, 1.807) is 0 Å². The molecule has 1 saturated heterocycles. The van der Waals surface area contributed by atoms with Crippen molar-refractivity contribution >= 4 is 35.8 Å². The summed E-state index contributed by atoms with van der Waals surface area (Å²) in [4.78, 5) is 18.1.